The fourth-order valence-electron chi connectivity index (χ4n) is 3.11. The second-order valence-corrected chi connectivity index (χ2v) is 6.86. The van der Waals surface area contributed by atoms with Gasteiger partial charge in [-0.15, -0.1) is 0 Å². The summed E-state index contributed by atoms with van der Waals surface area (Å²) >= 11 is 0. The summed E-state index contributed by atoms with van der Waals surface area (Å²) in [6, 6.07) is 8.42. The molecule has 0 aromatic heterocycles. The van der Waals surface area contributed by atoms with Gasteiger partial charge in [-0.2, -0.15) is 0 Å². The Balaban J connectivity index is 1.56. The number of nitrogens with zero attached hydrogens (tertiary/aromatic N) is 1. The second-order valence-electron chi connectivity index (χ2n) is 6.86. The van der Waals surface area contributed by atoms with Gasteiger partial charge < -0.3 is 14.2 Å². The van der Waals surface area contributed by atoms with E-state index in [2.05, 4.69) is 56.9 Å². The molecule has 1 saturated heterocycles. The van der Waals surface area contributed by atoms with Crippen LogP contribution in [0.15, 0.2) is 24.3 Å². The summed E-state index contributed by atoms with van der Waals surface area (Å²) in [6.45, 7) is 13.6. The third-order valence-electron chi connectivity index (χ3n) is 4.60. The van der Waals surface area contributed by atoms with Crippen molar-refractivity contribution in [3.63, 3.8) is 0 Å². The molecule has 0 bridgehead atoms. The van der Waals surface area contributed by atoms with Crippen LogP contribution in [0, 0.1) is 0 Å². The molecule has 1 aromatic rings. The van der Waals surface area contributed by atoms with Crippen molar-refractivity contribution in [3.05, 3.63) is 29.8 Å². The fraction of sp³-hybridized carbons (Fsp3) is 0.700. The molecule has 0 radical (unpaired) electrons. The Bertz CT molecular complexity index is 452. The van der Waals surface area contributed by atoms with Crippen molar-refractivity contribution in [2.75, 3.05) is 39.5 Å². The maximum Gasteiger partial charge on any atom is 0.119 e. The average Bonchev–Trinajstić information content (AvgIpc) is 2.57. The Morgan fingerprint density at radius 2 is 1.75 bits per heavy atom. The summed E-state index contributed by atoms with van der Waals surface area (Å²) in [5, 5.41) is 0. The molecule has 4 heteroatoms. The van der Waals surface area contributed by atoms with E-state index in [4.69, 9.17) is 14.2 Å². The highest BCUT2D eigenvalue weighted by atomic mass is 16.5. The first-order valence-corrected chi connectivity index (χ1v) is 9.26. The predicted molar refractivity (Wildman–Crippen MR) is 97.9 cm³/mol. The van der Waals surface area contributed by atoms with E-state index in [9.17, 15) is 0 Å². The van der Waals surface area contributed by atoms with Crippen LogP contribution in [-0.4, -0.2) is 56.6 Å². The zero-order valence-electron chi connectivity index (χ0n) is 15.7. The van der Waals surface area contributed by atoms with Crippen molar-refractivity contribution in [2.45, 2.75) is 52.2 Å². The maximum absolute atomic E-state index is 5.74. The van der Waals surface area contributed by atoms with Gasteiger partial charge in [-0.3, -0.25) is 4.90 Å². The van der Waals surface area contributed by atoms with E-state index in [1.807, 2.05) is 0 Å². The lowest BCUT2D eigenvalue weighted by Gasteiger charge is -2.35. The third-order valence-corrected chi connectivity index (χ3v) is 4.60. The molecule has 1 aromatic carbocycles. The summed E-state index contributed by atoms with van der Waals surface area (Å²) in [5.74, 6) is 1.52. The summed E-state index contributed by atoms with van der Waals surface area (Å²) in [6.07, 6.45) is 1.79. The molecule has 3 atom stereocenters. The van der Waals surface area contributed by atoms with E-state index in [0.29, 0.717) is 31.3 Å². The monoisotopic (exact) mass is 335 g/mol. The minimum atomic E-state index is 0.315. The lowest BCUT2D eigenvalue weighted by Crippen LogP contribution is -2.46. The van der Waals surface area contributed by atoms with E-state index >= 15 is 0 Å². The molecular weight excluding hydrogens is 302 g/mol. The van der Waals surface area contributed by atoms with Gasteiger partial charge in [0.2, 0.25) is 0 Å². The molecular formula is C20H33NO3. The molecule has 0 unspecified atom stereocenters. The van der Waals surface area contributed by atoms with Crippen LogP contribution >= 0.6 is 0 Å². The van der Waals surface area contributed by atoms with Crippen LogP contribution in [0.5, 0.6) is 5.75 Å². The number of morpholine rings is 1. The first-order valence-electron chi connectivity index (χ1n) is 9.26. The van der Waals surface area contributed by atoms with Gasteiger partial charge in [0, 0.05) is 19.6 Å². The molecule has 0 N–H and O–H groups in total. The normalized spacial score (nSPS) is 23.2. The highest BCUT2D eigenvalue weighted by molar-refractivity contribution is 5.29. The SMILES string of the molecule is CC[C@@H](C)c1ccc(OCCOCCN2C[C@@H](C)O[C@H](C)C2)cc1. The van der Waals surface area contributed by atoms with E-state index in [-0.39, 0.29) is 0 Å². The van der Waals surface area contributed by atoms with Gasteiger partial charge in [-0.1, -0.05) is 26.0 Å². The maximum atomic E-state index is 5.74. The zero-order valence-corrected chi connectivity index (χ0v) is 15.7. The van der Waals surface area contributed by atoms with E-state index in [1.165, 1.54) is 5.56 Å². The summed E-state index contributed by atoms with van der Waals surface area (Å²) in [7, 11) is 0. The number of hydrogen-bond donors (Lipinski definition) is 0. The molecule has 4 nitrogen and oxygen atoms in total. The van der Waals surface area contributed by atoms with Crippen molar-refractivity contribution >= 4 is 0 Å². The second kappa shape index (κ2) is 10.0. The molecule has 1 heterocycles. The van der Waals surface area contributed by atoms with Crippen molar-refractivity contribution in [3.8, 4) is 5.75 Å². The van der Waals surface area contributed by atoms with Crippen LogP contribution in [0.25, 0.3) is 0 Å². The predicted octanol–water partition coefficient (Wildman–Crippen LogP) is 3.70. The van der Waals surface area contributed by atoms with Gasteiger partial charge in [-0.05, 0) is 43.9 Å². The largest absolute Gasteiger partial charge is 0.491 e. The van der Waals surface area contributed by atoms with Crippen LogP contribution in [0.1, 0.15) is 45.6 Å². The fourth-order valence-corrected chi connectivity index (χ4v) is 3.11. The topological polar surface area (TPSA) is 30.9 Å². The number of hydrogen-bond acceptors (Lipinski definition) is 4. The molecule has 2 rings (SSSR count). The first kappa shape index (κ1) is 19.2. The standard InChI is InChI=1S/C20H33NO3/c1-5-16(2)19-6-8-20(9-7-19)23-13-12-22-11-10-21-14-17(3)24-18(4)15-21/h6-9,16-18H,5,10-15H2,1-4H3/t16-,17-,18-/m1/s1. The molecule has 0 aliphatic carbocycles. The van der Waals surface area contributed by atoms with Gasteiger partial charge in [0.15, 0.2) is 0 Å². The van der Waals surface area contributed by atoms with Gasteiger partial charge in [0.1, 0.15) is 12.4 Å². The van der Waals surface area contributed by atoms with Crippen molar-refractivity contribution in [1.82, 2.24) is 4.90 Å². The third kappa shape index (κ3) is 6.42. The van der Waals surface area contributed by atoms with Gasteiger partial charge in [0.25, 0.3) is 0 Å². The number of ether oxygens (including phenoxy) is 3. The Morgan fingerprint density at radius 3 is 2.38 bits per heavy atom. The minimum Gasteiger partial charge on any atom is -0.491 e. The van der Waals surface area contributed by atoms with Crippen molar-refractivity contribution in [1.29, 1.82) is 0 Å². The van der Waals surface area contributed by atoms with Crippen LogP contribution < -0.4 is 4.74 Å². The van der Waals surface area contributed by atoms with Crippen LogP contribution in [0.4, 0.5) is 0 Å². The number of benzene rings is 1. The highest BCUT2D eigenvalue weighted by Gasteiger charge is 2.21. The highest BCUT2D eigenvalue weighted by Crippen LogP contribution is 2.21. The summed E-state index contributed by atoms with van der Waals surface area (Å²) in [4.78, 5) is 2.41. The molecule has 136 valence electrons. The smallest absolute Gasteiger partial charge is 0.119 e. The molecule has 1 fully saturated rings. The van der Waals surface area contributed by atoms with Crippen molar-refractivity contribution < 1.29 is 14.2 Å². The Hall–Kier alpha value is -1.10. The van der Waals surface area contributed by atoms with E-state index < -0.39 is 0 Å². The number of rotatable bonds is 9. The molecule has 0 saturated carbocycles. The summed E-state index contributed by atoms with van der Waals surface area (Å²) < 4.78 is 17.2. The van der Waals surface area contributed by atoms with Gasteiger partial charge >= 0.3 is 0 Å². The average molecular weight is 335 g/mol. The van der Waals surface area contributed by atoms with Crippen LogP contribution in [0.2, 0.25) is 0 Å². The Morgan fingerprint density at radius 1 is 1.08 bits per heavy atom. The van der Waals surface area contributed by atoms with E-state index in [0.717, 1.165) is 38.4 Å². The molecule has 1 aliphatic rings. The lowest BCUT2D eigenvalue weighted by molar-refractivity contribution is -0.0734. The van der Waals surface area contributed by atoms with Crippen LogP contribution in [-0.2, 0) is 9.47 Å². The zero-order chi connectivity index (χ0) is 17.4. The molecule has 1 aliphatic heterocycles. The van der Waals surface area contributed by atoms with Crippen LogP contribution in [0.3, 0.4) is 0 Å². The van der Waals surface area contributed by atoms with Gasteiger partial charge in [-0.25, -0.2) is 0 Å². The summed E-state index contributed by atoms with van der Waals surface area (Å²) in [5.41, 5.74) is 1.37. The lowest BCUT2D eigenvalue weighted by atomic mass is 9.99. The molecule has 0 amide bonds. The van der Waals surface area contributed by atoms with Gasteiger partial charge in [0.05, 0.1) is 25.4 Å². The minimum absolute atomic E-state index is 0.315. The quantitative estimate of drug-likeness (QED) is 0.644. The first-order chi connectivity index (χ1) is 11.6. The Kier molecular flexibility index (Phi) is 8.03. The molecule has 0 spiro atoms. The molecule has 24 heavy (non-hydrogen) atoms. The van der Waals surface area contributed by atoms with Crippen molar-refractivity contribution in [2.24, 2.45) is 0 Å². The Labute approximate surface area is 147 Å². The van der Waals surface area contributed by atoms with E-state index in [1.54, 1.807) is 0 Å².